The Morgan fingerprint density at radius 3 is 1.90 bits per heavy atom. The van der Waals surface area contributed by atoms with E-state index in [0.29, 0.717) is 0 Å². The highest BCUT2D eigenvalue weighted by Gasteiger charge is 2.16. The fourth-order valence-corrected chi connectivity index (χ4v) is 2.68. The minimum Gasteiger partial charge on any atom is -0.347 e. The Bertz CT molecular complexity index is 518. The number of hydrogen-bond donors (Lipinski definition) is 0. The van der Waals surface area contributed by atoms with Crippen molar-refractivity contribution < 1.29 is 8.98 Å². The van der Waals surface area contributed by atoms with Crippen molar-refractivity contribution in [3.05, 3.63) is 71.8 Å². The summed E-state index contributed by atoms with van der Waals surface area (Å²) in [4.78, 5) is 13.1. The van der Waals surface area contributed by atoms with E-state index in [4.69, 9.17) is 4.18 Å². The fourth-order valence-electron chi connectivity index (χ4n) is 1.84. The summed E-state index contributed by atoms with van der Waals surface area (Å²) in [6.45, 7) is 0.0772. The van der Waals surface area contributed by atoms with Crippen LogP contribution in [0.1, 0.15) is 16.4 Å². The van der Waals surface area contributed by atoms with Crippen LogP contribution in [0.4, 0.5) is 0 Å². The molecule has 0 spiro atoms. The Morgan fingerprint density at radius 1 is 1.00 bits per heavy atom. The summed E-state index contributed by atoms with van der Waals surface area (Å²) in [6, 6.07) is 20.3. The molecule has 0 fully saturated rings. The lowest BCUT2D eigenvalue weighted by Gasteiger charge is -2.17. The fraction of sp³-hybridized carbons (Fsp3) is 0.235. The molecule has 2 aromatic rings. The third-order valence-electron chi connectivity index (χ3n) is 3.05. The van der Waals surface area contributed by atoms with Crippen LogP contribution in [-0.2, 0) is 8.98 Å². The van der Waals surface area contributed by atoms with Crippen molar-refractivity contribution in [3.8, 4) is 0 Å². The van der Waals surface area contributed by atoms with Crippen LogP contribution in [0, 0.1) is 0 Å². The minimum absolute atomic E-state index is 0.0395. The van der Waals surface area contributed by atoms with Gasteiger partial charge in [-0.1, -0.05) is 60.7 Å². The molecule has 0 atom stereocenters. The lowest BCUT2D eigenvalue weighted by molar-refractivity contribution is -0.130. The highest BCUT2D eigenvalue weighted by Crippen LogP contribution is 2.35. The molecule has 4 heteroatoms. The van der Waals surface area contributed by atoms with Crippen LogP contribution in [0.15, 0.2) is 60.7 Å². The summed E-state index contributed by atoms with van der Waals surface area (Å²) in [5.41, 5.74) is 2.32. The van der Waals surface area contributed by atoms with Crippen molar-refractivity contribution in [2.75, 3.05) is 20.7 Å². The molecule has 1 amide bonds. The van der Waals surface area contributed by atoms with Gasteiger partial charge in [-0.3, -0.25) is 4.79 Å². The Balaban J connectivity index is 2.09. The maximum Gasteiger partial charge on any atom is 0.249 e. The Kier molecular flexibility index (Phi) is 5.84. The van der Waals surface area contributed by atoms with E-state index in [9.17, 15) is 4.79 Å². The first-order chi connectivity index (χ1) is 10.2. The SMILES string of the molecule is CN(C)C(=O)COSC(c1ccccc1)c1ccccc1. The Hall–Kier alpha value is -1.78. The van der Waals surface area contributed by atoms with Crippen molar-refractivity contribution >= 4 is 17.9 Å². The summed E-state index contributed by atoms with van der Waals surface area (Å²) < 4.78 is 5.55. The van der Waals surface area contributed by atoms with Crippen molar-refractivity contribution in [1.29, 1.82) is 0 Å². The molecule has 0 saturated heterocycles. The molecule has 0 radical (unpaired) electrons. The van der Waals surface area contributed by atoms with Gasteiger partial charge in [0.2, 0.25) is 5.91 Å². The summed E-state index contributed by atoms with van der Waals surface area (Å²) in [5, 5.41) is 0.0577. The number of nitrogens with zero attached hydrogens (tertiary/aromatic N) is 1. The average molecular weight is 301 g/mol. The molecule has 3 nitrogen and oxygen atoms in total. The van der Waals surface area contributed by atoms with Crippen LogP contribution >= 0.6 is 12.0 Å². The van der Waals surface area contributed by atoms with Crippen LogP contribution in [0.3, 0.4) is 0 Å². The molecule has 0 heterocycles. The average Bonchev–Trinajstić information content (AvgIpc) is 2.53. The molecule has 0 aliphatic carbocycles. The maximum absolute atomic E-state index is 11.6. The van der Waals surface area contributed by atoms with Crippen LogP contribution in [0.5, 0.6) is 0 Å². The number of carbonyl (C=O) groups excluding carboxylic acids is 1. The van der Waals surface area contributed by atoms with Gasteiger partial charge in [-0.05, 0) is 11.1 Å². The van der Waals surface area contributed by atoms with Gasteiger partial charge in [-0.2, -0.15) is 0 Å². The van der Waals surface area contributed by atoms with Crippen LogP contribution in [0.25, 0.3) is 0 Å². The largest absolute Gasteiger partial charge is 0.347 e. The molecule has 2 rings (SSSR count). The molecule has 0 bridgehead atoms. The number of hydrogen-bond acceptors (Lipinski definition) is 3. The second-order valence-electron chi connectivity index (χ2n) is 4.85. The van der Waals surface area contributed by atoms with Crippen LogP contribution in [-0.4, -0.2) is 31.5 Å². The summed E-state index contributed by atoms with van der Waals surface area (Å²) in [7, 11) is 3.45. The van der Waals surface area contributed by atoms with Crippen LogP contribution in [0.2, 0.25) is 0 Å². The molecule has 0 aliphatic rings. The first-order valence-electron chi connectivity index (χ1n) is 6.77. The number of amides is 1. The van der Waals surface area contributed by atoms with Gasteiger partial charge >= 0.3 is 0 Å². The van der Waals surface area contributed by atoms with E-state index >= 15 is 0 Å². The van der Waals surface area contributed by atoms with Gasteiger partial charge < -0.3 is 9.08 Å². The molecule has 0 aromatic heterocycles. The van der Waals surface area contributed by atoms with Gasteiger partial charge in [-0.15, -0.1) is 0 Å². The molecule has 0 aliphatic heterocycles. The zero-order valence-corrected chi connectivity index (χ0v) is 13.0. The van der Waals surface area contributed by atoms with Crippen LogP contribution < -0.4 is 0 Å². The first kappa shape index (κ1) is 15.6. The lowest BCUT2D eigenvalue weighted by atomic mass is 10.0. The number of rotatable bonds is 6. The smallest absolute Gasteiger partial charge is 0.249 e. The van der Waals surface area contributed by atoms with E-state index in [-0.39, 0.29) is 17.8 Å². The van der Waals surface area contributed by atoms with Gasteiger partial charge in [0.25, 0.3) is 0 Å². The van der Waals surface area contributed by atoms with E-state index in [1.54, 1.807) is 14.1 Å². The van der Waals surface area contributed by atoms with Gasteiger partial charge in [-0.25, -0.2) is 0 Å². The summed E-state index contributed by atoms with van der Waals surface area (Å²) >= 11 is 1.33. The maximum atomic E-state index is 11.6. The van der Waals surface area contributed by atoms with E-state index < -0.39 is 0 Å². The number of benzene rings is 2. The van der Waals surface area contributed by atoms with Gasteiger partial charge in [0.05, 0.1) is 5.25 Å². The van der Waals surface area contributed by atoms with Crippen molar-refractivity contribution in [3.63, 3.8) is 0 Å². The number of carbonyl (C=O) groups is 1. The molecule has 110 valence electrons. The highest BCUT2D eigenvalue weighted by molar-refractivity contribution is 7.95. The van der Waals surface area contributed by atoms with Gasteiger partial charge in [0.15, 0.2) is 0 Å². The van der Waals surface area contributed by atoms with E-state index in [2.05, 4.69) is 24.3 Å². The summed E-state index contributed by atoms with van der Waals surface area (Å²) in [5.74, 6) is -0.0395. The standard InChI is InChI=1S/C17H19NO2S/c1-18(2)16(19)13-20-21-17(14-9-5-3-6-10-14)15-11-7-4-8-12-15/h3-12,17H,13H2,1-2H3. The molecule has 2 aromatic carbocycles. The minimum atomic E-state index is -0.0395. The predicted molar refractivity (Wildman–Crippen MR) is 87.0 cm³/mol. The summed E-state index contributed by atoms with van der Waals surface area (Å²) in [6.07, 6.45) is 0. The van der Waals surface area contributed by atoms with Crippen molar-refractivity contribution in [2.24, 2.45) is 0 Å². The van der Waals surface area contributed by atoms with E-state index in [1.165, 1.54) is 16.9 Å². The molecule has 0 unspecified atom stereocenters. The molecule has 0 saturated carbocycles. The zero-order valence-electron chi connectivity index (χ0n) is 12.2. The molecule has 21 heavy (non-hydrogen) atoms. The molecular weight excluding hydrogens is 282 g/mol. The first-order valence-corrected chi connectivity index (χ1v) is 7.57. The predicted octanol–water partition coefficient (Wildman–Crippen LogP) is 3.53. The normalized spacial score (nSPS) is 10.6. The second kappa shape index (κ2) is 7.86. The van der Waals surface area contributed by atoms with Gasteiger partial charge in [0.1, 0.15) is 6.61 Å². The molecular formula is C17H19NO2S. The van der Waals surface area contributed by atoms with E-state index in [0.717, 1.165) is 11.1 Å². The van der Waals surface area contributed by atoms with Crippen molar-refractivity contribution in [1.82, 2.24) is 4.90 Å². The van der Waals surface area contributed by atoms with Crippen molar-refractivity contribution in [2.45, 2.75) is 5.25 Å². The Morgan fingerprint density at radius 2 is 1.48 bits per heavy atom. The monoisotopic (exact) mass is 301 g/mol. The molecule has 0 N–H and O–H groups in total. The van der Waals surface area contributed by atoms with E-state index in [1.807, 2.05) is 36.4 Å². The second-order valence-corrected chi connectivity index (χ2v) is 5.75. The quantitative estimate of drug-likeness (QED) is 0.765. The third-order valence-corrected chi connectivity index (χ3v) is 4.04. The lowest BCUT2D eigenvalue weighted by Crippen LogP contribution is -2.25. The Labute approximate surface area is 130 Å². The topological polar surface area (TPSA) is 29.5 Å². The number of likely N-dealkylation sites (N-methyl/N-ethyl adjacent to an activating group) is 1. The highest BCUT2D eigenvalue weighted by atomic mass is 32.2. The zero-order chi connectivity index (χ0) is 15.1. The third kappa shape index (κ3) is 4.62. The van der Waals surface area contributed by atoms with Gasteiger partial charge in [0, 0.05) is 26.1 Å².